The molecule has 204 valence electrons. The lowest BCUT2D eigenvalue weighted by molar-refractivity contribution is -0.206. The van der Waals surface area contributed by atoms with Crippen molar-refractivity contribution in [1.29, 1.82) is 0 Å². The lowest BCUT2D eigenvalue weighted by atomic mass is 9.84. The lowest BCUT2D eigenvalue weighted by Gasteiger charge is -2.44. The Bertz CT molecular complexity index is 810. The summed E-state index contributed by atoms with van der Waals surface area (Å²) in [5.74, 6) is 0.0300. The zero-order valence-corrected chi connectivity index (χ0v) is 22.8. The summed E-state index contributed by atoms with van der Waals surface area (Å²) in [7, 11) is 1.64. The van der Waals surface area contributed by atoms with Gasteiger partial charge in [0.05, 0.1) is 30.0 Å². The molecule has 9 atom stereocenters. The summed E-state index contributed by atoms with van der Waals surface area (Å²) in [4.78, 5) is 22.6. The van der Waals surface area contributed by atoms with Gasteiger partial charge in [0.2, 0.25) is 5.91 Å². The quantitative estimate of drug-likeness (QED) is 0.250. The Morgan fingerprint density at radius 3 is 2.64 bits per heavy atom. The first-order valence-electron chi connectivity index (χ1n) is 13.0. The maximum absolute atomic E-state index is 12.2. The first-order valence-corrected chi connectivity index (χ1v) is 13.0. The van der Waals surface area contributed by atoms with Crippen LogP contribution in [-0.2, 0) is 28.5 Å². The van der Waals surface area contributed by atoms with Gasteiger partial charge in [-0.25, -0.2) is 0 Å². The molecule has 0 spiro atoms. The molecule has 2 rings (SSSR count). The topological polar surface area (TPSA) is 103 Å². The van der Waals surface area contributed by atoms with Gasteiger partial charge in [0, 0.05) is 19.6 Å². The lowest BCUT2D eigenvalue weighted by Crippen LogP contribution is -2.55. The average Bonchev–Trinajstić information content (AvgIpc) is 2.84. The molecule has 36 heavy (non-hydrogen) atoms. The monoisotopic (exact) mass is 507 g/mol. The number of carbonyl (C=O) groups is 2. The molecule has 0 aliphatic carbocycles. The number of hydrogen-bond acceptors (Lipinski definition) is 7. The van der Waals surface area contributed by atoms with Crippen molar-refractivity contribution in [2.45, 2.75) is 115 Å². The van der Waals surface area contributed by atoms with E-state index in [1.807, 2.05) is 32.9 Å². The van der Waals surface area contributed by atoms with Crippen molar-refractivity contribution in [3.63, 3.8) is 0 Å². The smallest absolute Gasteiger partial charge is 0.293 e. The highest BCUT2D eigenvalue weighted by atomic mass is 16.5. The number of aliphatic hydroxyl groups excluding tert-OH is 1. The largest absolute Gasteiger partial charge is 0.461 e. The minimum Gasteiger partial charge on any atom is -0.461 e. The Hall–Kier alpha value is -2.00. The normalized spacial score (nSPS) is 36.7. The molecule has 8 heteroatoms. The zero-order chi connectivity index (χ0) is 26.9. The predicted molar refractivity (Wildman–Crippen MR) is 138 cm³/mol. The minimum atomic E-state index is -0.736. The third kappa shape index (κ3) is 8.54. The van der Waals surface area contributed by atoms with E-state index in [0.29, 0.717) is 12.9 Å². The van der Waals surface area contributed by atoms with Gasteiger partial charge in [-0.3, -0.25) is 9.59 Å². The van der Waals surface area contributed by atoms with E-state index in [0.717, 1.165) is 24.8 Å². The molecule has 0 aromatic heterocycles. The molecular weight excluding hydrogens is 462 g/mol. The number of rotatable bonds is 11. The van der Waals surface area contributed by atoms with Crippen LogP contribution in [0.1, 0.15) is 67.2 Å². The Labute approximate surface area is 216 Å². The molecule has 0 radical (unpaired) electrons. The summed E-state index contributed by atoms with van der Waals surface area (Å²) >= 11 is 0. The molecule has 0 bridgehead atoms. The van der Waals surface area contributed by atoms with Crippen molar-refractivity contribution < 1.29 is 33.6 Å². The molecule has 2 saturated heterocycles. The summed E-state index contributed by atoms with van der Waals surface area (Å²) in [6.07, 6.45) is 10.4. The molecule has 2 fully saturated rings. The van der Waals surface area contributed by atoms with Crippen molar-refractivity contribution in [2.75, 3.05) is 7.11 Å². The van der Waals surface area contributed by atoms with Crippen LogP contribution in [0.25, 0.3) is 0 Å². The Morgan fingerprint density at radius 1 is 1.28 bits per heavy atom. The number of nitrogens with one attached hydrogen (secondary N) is 1. The number of methoxy groups -OCH3 is 1. The molecule has 0 aromatic carbocycles. The summed E-state index contributed by atoms with van der Waals surface area (Å²) in [5.41, 5.74) is 0.440. The van der Waals surface area contributed by atoms with Crippen LogP contribution in [0, 0.1) is 5.92 Å². The summed E-state index contributed by atoms with van der Waals surface area (Å²) in [6, 6.07) is -0.0905. The van der Waals surface area contributed by atoms with Gasteiger partial charge in [0.1, 0.15) is 18.3 Å². The maximum Gasteiger partial charge on any atom is 0.293 e. The summed E-state index contributed by atoms with van der Waals surface area (Å²) in [5, 5.41) is 13.8. The molecular formula is C28H45NO7. The van der Waals surface area contributed by atoms with Crippen molar-refractivity contribution in [3.05, 3.63) is 36.0 Å². The van der Waals surface area contributed by atoms with Gasteiger partial charge in [-0.2, -0.15) is 0 Å². The van der Waals surface area contributed by atoms with Crippen LogP contribution >= 0.6 is 0 Å². The van der Waals surface area contributed by atoms with E-state index in [1.54, 1.807) is 20.1 Å². The number of allylic oxidation sites excluding steroid dienone is 2. The first kappa shape index (κ1) is 30.2. The predicted octanol–water partition coefficient (Wildman–Crippen LogP) is 3.63. The Morgan fingerprint density at radius 2 is 2.00 bits per heavy atom. The summed E-state index contributed by atoms with van der Waals surface area (Å²) < 4.78 is 22.7. The number of aliphatic hydroxyl groups is 1. The van der Waals surface area contributed by atoms with Crippen molar-refractivity contribution in [2.24, 2.45) is 5.92 Å². The van der Waals surface area contributed by atoms with E-state index in [9.17, 15) is 14.7 Å². The molecule has 2 aliphatic rings. The number of amides is 1. The highest BCUT2D eigenvalue weighted by Crippen LogP contribution is 2.34. The second kappa shape index (κ2) is 14.1. The van der Waals surface area contributed by atoms with Crippen molar-refractivity contribution in [3.8, 4) is 0 Å². The van der Waals surface area contributed by atoms with Crippen molar-refractivity contribution >= 4 is 12.4 Å². The van der Waals surface area contributed by atoms with E-state index in [2.05, 4.69) is 25.2 Å². The third-order valence-electron chi connectivity index (χ3n) is 7.39. The van der Waals surface area contributed by atoms with Gasteiger partial charge >= 0.3 is 0 Å². The number of hydrogen-bond donors (Lipinski definition) is 2. The molecule has 2 heterocycles. The summed E-state index contributed by atoms with van der Waals surface area (Å²) in [6.45, 7) is 12.2. The van der Waals surface area contributed by atoms with Crippen LogP contribution in [-0.4, -0.2) is 72.9 Å². The SMILES string of the molecule is CC[C@@H]1CC(C)(OC)[C@H](O)C(/C=C/C(C)=C/CC2OC(C)C(NC(=O)/C=C\C(C)OC=O)CC2C)O1. The van der Waals surface area contributed by atoms with Gasteiger partial charge in [-0.15, -0.1) is 0 Å². The van der Waals surface area contributed by atoms with E-state index in [1.165, 1.54) is 6.08 Å². The van der Waals surface area contributed by atoms with Crippen LogP contribution in [0.3, 0.4) is 0 Å². The fraction of sp³-hybridized carbons (Fsp3) is 0.714. The van der Waals surface area contributed by atoms with Gasteiger partial charge in [0.25, 0.3) is 6.47 Å². The van der Waals surface area contributed by atoms with Gasteiger partial charge in [-0.05, 0) is 59.0 Å². The van der Waals surface area contributed by atoms with Gasteiger partial charge in [-0.1, -0.05) is 37.6 Å². The highest BCUT2D eigenvalue weighted by Gasteiger charge is 2.45. The maximum atomic E-state index is 12.2. The first-order chi connectivity index (χ1) is 17.0. The van der Waals surface area contributed by atoms with E-state index in [-0.39, 0.29) is 36.2 Å². The van der Waals surface area contributed by atoms with Crippen LogP contribution in [0.5, 0.6) is 0 Å². The molecule has 7 unspecified atom stereocenters. The molecule has 1 amide bonds. The fourth-order valence-electron chi connectivity index (χ4n) is 4.78. The molecule has 2 N–H and O–H groups in total. The van der Waals surface area contributed by atoms with Crippen LogP contribution < -0.4 is 5.32 Å². The second-order valence-electron chi connectivity index (χ2n) is 10.3. The molecule has 2 aliphatic heterocycles. The van der Waals surface area contributed by atoms with E-state index in [4.69, 9.17) is 18.9 Å². The number of carbonyl (C=O) groups excluding carboxylic acids is 2. The van der Waals surface area contributed by atoms with Crippen LogP contribution in [0.4, 0.5) is 0 Å². The van der Waals surface area contributed by atoms with Crippen molar-refractivity contribution in [1.82, 2.24) is 5.32 Å². The zero-order valence-electron chi connectivity index (χ0n) is 22.8. The third-order valence-corrected chi connectivity index (χ3v) is 7.39. The average molecular weight is 508 g/mol. The van der Waals surface area contributed by atoms with Gasteiger partial charge in [0.15, 0.2) is 0 Å². The van der Waals surface area contributed by atoms with Crippen LogP contribution in [0.2, 0.25) is 0 Å². The Kier molecular flexibility index (Phi) is 11.8. The van der Waals surface area contributed by atoms with E-state index >= 15 is 0 Å². The minimum absolute atomic E-state index is 0.0471. The fourth-order valence-corrected chi connectivity index (χ4v) is 4.78. The van der Waals surface area contributed by atoms with Gasteiger partial charge < -0.3 is 29.4 Å². The molecule has 0 aromatic rings. The Balaban J connectivity index is 1.90. The second-order valence-corrected chi connectivity index (χ2v) is 10.3. The molecule has 8 nitrogen and oxygen atoms in total. The number of ether oxygens (including phenoxy) is 4. The standard InChI is InChI=1S/C28H45NO7/c1-8-22-16-28(6,33-7)27(32)25(36-22)13-10-18(2)9-12-24-19(3)15-23(21(5)35-24)29-26(31)14-11-20(4)34-17-30/h9-11,13-14,17,19-25,27,32H,8,12,15-16H2,1-7H3,(H,29,31)/b13-10+,14-11-,18-9+/t19?,20?,21?,22-,23?,24?,25?,27-,28?/m1/s1. The highest BCUT2D eigenvalue weighted by molar-refractivity contribution is 5.87. The van der Waals surface area contributed by atoms with Crippen LogP contribution in [0.15, 0.2) is 36.0 Å². The van der Waals surface area contributed by atoms with E-state index < -0.39 is 23.9 Å². The molecule has 0 saturated carbocycles.